The van der Waals surface area contributed by atoms with Gasteiger partial charge in [0.05, 0.1) is 63.1 Å². The van der Waals surface area contributed by atoms with Crippen molar-refractivity contribution in [2.24, 2.45) is 0 Å². The van der Waals surface area contributed by atoms with Gasteiger partial charge in [-0.15, -0.1) is 0 Å². The molecule has 6 atom stereocenters. The number of nitrogens with zero attached hydrogens (tertiary/aromatic N) is 3. The number of hydrogen-bond acceptors (Lipinski definition) is 9. The minimum absolute atomic E-state index is 0.0473. The van der Waals surface area contributed by atoms with E-state index in [0.717, 1.165) is 40.8 Å². The van der Waals surface area contributed by atoms with Crippen LogP contribution in [-0.4, -0.2) is 84.5 Å². The molecule has 0 aliphatic carbocycles. The molecule has 5 aromatic carbocycles. The fourth-order valence-corrected chi connectivity index (χ4v) is 10.5. The van der Waals surface area contributed by atoms with Crippen molar-refractivity contribution in [3.05, 3.63) is 173 Å². The molecule has 3 aliphatic heterocycles. The normalized spacial score (nSPS) is 19.9. The van der Waals surface area contributed by atoms with Crippen LogP contribution in [0.4, 0.5) is 10.1 Å². The lowest BCUT2D eigenvalue weighted by atomic mass is 9.93. The molecule has 11 nitrogen and oxygen atoms in total. The molecule has 0 aromatic heterocycles. The summed E-state index contributed by atoms with van der Waals surface area (Å²) >= 11 is 0. The minimum atomic E-state index is -0.745. The van der Waals surface area contributed by atoms with Crippen LogP contribution in [0, 0.1) is 5.82 Å². The van der Waals surface area contributed by atoms with Gasteiger partial charge in [0.25, 0.3) is 0 Å². The lowest BCUT2D eigenvalue weighted by molar-refractivity contribution is -0.146. The summed E-state index contributed by atoms with van der Waals surface area (Å²) in [7, 11) is 2.60. The fourth-order valence-electron chi connectivity index (χ4n) is 10.5. The zero-order chi connectivity index (χ0) is 47.7. The van der Waals surface area contributed by atoms with Gasteiger partial charge in [-0.3, -0.25) is 28.8 Å². The van der Waals surface area contributed by atoms with Crippen LogP contribution in [0.3, 0.4) is 0 Å². The predicted octanol–water partition coefficient (Wildman–Crippen LogP) is 8.81. The molecular weight excluding hydrogens is 862 g/mol. The van der Waals surface area contributed by atoms with E-state index in [4.69, 9.17) is 9.47 Å². The van der Waals surface area contributed by atoms with E-state index < -0.39 is 35.9 Å². The summed E-state index contributed by atoms with van der Waals surface area (Å²) in [5.41, 5.74) is 6.07. The zero-order valence-electron chi connectivity index (χ0n) is 38.6. The SMILES string of the molecule is COC(=O)C[C@@H](C(=O)N1CCC[C@H]1C(=O)Cc1ccc([C@H]2CC[C@H](c3ccc(CC(=O)[C@@H]4CCCN4C(=O)[C@H](CC(=O)OC)c4ccccc4)cc3)N2c2ccc(F)cc2)cc1)c1ccccc1. The van der Waals surface area contributed by atoms with Gasteiger partial charge >= 0.3 is 11.9 Å². The van der Waals surface area contributed by atoms with Crippen molar-refractivity contribution in [2.75, 3.05) is 32.2 Å². The second-order valence-electron chi connectivity index (χ2n) is 18.1. The summed E-state index contributed by atoms with van der Waals surface area (Å²) in [6.07, 6.45) is 4.25. The van der Waals surface area contributed by atoms with Crippen molar-refractivity contribution in [2.45, 2.75) is 100 Å². The Morgan fingerprint density at radius 2 is 0.926 bits per heavy atom. The average Bonchev–Trinajstić information content (AvgIpc) is 4.17. The van der Waals surface area contributed by atoms with E-state index in [9.17, 15) is 33.2 Å². The first-order valence-electron chi connectivity index (χ1n) is 23.6. The molecule has 0 unspecified atom stereocenters. The molecule has 3 aliphatic rings. The topological polar surface area (TPSA) is 131 Å². The number of ketones is 2. The van der Waals surface area contributed by atoms with Crippen LogP contribution in [-0.2, 0) is 51.1 Å². The van der Waals surface area contributed by atoms with Crippen molar-refractivity contribution in [3.63, 3.8) is 0 Å². The van der Waals surface area contributed by atoms with Crippen LogP contribution >= 0.6 is 0 Å². The first kappa shape index (κ1) is 47.5. The largest absolute Gasteiger partial charge is 0.469 e. The summed E-state index contributed by atoms with van der Waals surface area (Å²) < 4.78 is 24.1. The van der Waals surface area contributed by atoms with E-state index in [2.05, 4.69) is 29.2 Å². The maximum Gasteiger partial charge on any atom is 0.306 e. The van der Waals surface area contributed by atoms with E-state index >= 15 is 0 Å². The lowest BCUT2D eigenvalue weighted by Gasteiger charge is -2.33. The Morgan fingerprint density at radius 1 is 0.529 bits per heavy atom. The Kier molecular flexibility index (Phi) is 15.2. The average molecular weight is 920 g/mol. The Morgan fingerprint density at radius 3 is 1.31 bits per heavy atom. The van der Waals surface area contributed by atoms with E-state index in [1.54, 1.807) is 21.9 Å². The van der Waals surface area contributed by atoms with Crippen LogP contribution in [0.5, 0.6) is 0 Å². The van der Waals surface area contributed by atoms with Gasteiger partial charge in [0, 0.05) is 31.6 Å². The first-order chi connectivity index (χ1) is 33.0. The molecule has 0 spiro atoms. The molecule has 2 amide bonds. The van der Waals surface area contributed by atoms with Crippen LogP contribution in [0.25, 0.3) is 0 Å². The molecule has 8 rings (SSSR count). The highest BCUT2D eigenvalue weighted by molar-refractivity contribution is 5.95. The summed E-state index contributed by atoms with van der Waals surface area (Å²) in [6, 6.07) is 39.7. The molecule has 12 heteroatoms. The molecule has 352 valence electrons. The molecule has 0 radical (unpaired) electrons. The number of halogens is 1. The van der Waals surface area contributed by atoms with Gasteiger partial charge in [0.15, 0.2) is 11.6 Å². The number of benzene rings is 5. The first-order valence-corrected chi connectivity index (χ1v) is 23.6. The number of esters is 2. The van der Waals surface area contributed by atoms with Crippen molar-refractivity contribution in [3.8, 4) is 0 Å². The van der Waals surface area contributed by atoms with E-state index in [1.807, 2.05) is 84.9 Å². The Bertz CT molecular complexity index is 2410. The fraction of sp³-hybridized carbons (Fsp3) is 0.357. The summed E-state index contributed by atoms with van der Waals surface area (Å²) in [5, 5.41) is 0. The van der Waals surface area contributed by atoms with Gasteiger partial charge in [-0.05, 0) is 96.2 Å². The number of anilines is 1. The number of ether oxygens (including phenoxy) is 2. The van der Waals surface area contributed by atoms with Crippen molar-refractivity contribution in [1.82, 2.24) is 9.80 Å². The zero-order valence-corrected chi connectivity index (χ0v) is 38.6. The molecule has 0 bridgehead atoms. The number of carbonyl (C=O) groups is 6. The maximum atomic E-state index is 14.3. The van der Waals surface area contributed by atoms with Crippen molar-refractivity contribution < 1.29 is 42.6 Å². The van der Waals surface area contributed by atoms with E-state index in [1.165, 1.54) is 26.4 Å². The highest BCUT2D eigenvalue weighted by Gasteiger charge is 2.41. The third-order valence-corrected chi connectivity index (χ3v) is 14.0. The quantitative estimate of drug-likeness (QED) is 0.0841. The maximum absolute atomic E-state index is 14.3. The molecule has 0 saturated carbocycles. The van der Waals surface area contributed by atoms with Crippen LogP contribution in [0.15, 0.2) is 133 Å². The monoisotopic (exact) mass is 919 g/mol. The van der Waals surface area contributed by atoms with E-state index in [-0.39, 0.29) is 67.0 Å². The highest BCUT2D eigenvalue weighted by atomic mass is 19.1. The van der Waals surface area contributed by atoms with Gasteiger partial charge in [-0.25, -0.2) is 4.39 Å². The third kappa shape index (κ3) is 10.8. The molecule has 3 heterocycles. The highest BCUT2D eigenvalue weighted by Crippen LogP contribution is 2.47. The van der Waals surface area contributed by atoms with Gasteiger partial charge in [-0.2, -0.15) is 0 Å². The molecule has 3 saturated heterocycles. The predicted molar refractivity (Wildman–Crippen MR) is 255 cm³/mol. The standard InChI is InChI=1S/C56H58FN3O8/c1-67-53(63)35-45(39-11-5-3-6-12-39)55(65)58-31-9-15-49(58)51(61)33-37-17-21-41(22-18-37)47-29-30-48(60(47)44-27-25-43(57)26-28-44)42-23-19-38(20-24-42)34-52(62)50-16-10-32-59(50)56(66)46(36-54(64)68-2)40-13-7-4-8-14-40/h3-8,11-14,17-28,45-50H,9-10,15-16,29-36H2,1-2H3/t45-,46-,47-,48-,49+,50+/m1/s1. The number of hydrogen-bond donors (Lipinski definition) is 0. The Labute approximate surface area is 397 Å². The number of likely N-dealkylation sites (tertiary alicyclic amines) is 2. The van der Waals surface area contributed by atoms with Crippen LogP contribution < -0.4 is 4.90 Å². The smallest absolute Gasteiger partial charge is 0.306 e. The molecule has 68 heavy (non-hydrogen) atoms. The summed E-state index contributed by atoms with van der Waals surface area (Å²) in [5.74, 6) is -3.38. The van der Waals surface area contributed by atoms with Gasteiger partial charge < -0.3 is 24.2 Å². The minimum Gasteiger partial charge on any atom is -0.469 e. The van der Waals surface area contributed by atoms with Gasteiger partial charge in [0.2, 0.25) is 11.8 Å². The van der Waals surface area contributed by atoms with Gasteiger partial charge in [0.1, 0.15) is 5.82 Å². The van der Waals surface area contributed by atoms with Gasteiger partial charge in [-0.1, -0.05) is 109 Å². The second-order valence-corrected chi connectivity index (χ2v) is 18.1. The summed E-state index contributed by atoms with van der Waals surface area (Å²) in [6.45, 7) is 0.888. The van der Waals surface area contributed by atoms with Crippen LogP contribution in [0.2, 0.25) is 0 Å². The number of methoxy groups -OCH3 is 2. The second kappa shape index (κ2) is 21.8. The number of rotatable bonds is 17. The van der Waals surface area contributed by atoms with Crippen molar-refractivity contribution >= 4 is 41.0 Å². The van der Waals surface area contributed by atoms with Crippen molar-refractivity contribution in [1.29, 1.82) is 0 Å². The number of amides is 2. The van der Waals surface area contributed by atoms with E-state index in [0.29, 0.717) is 49.9 Å². The Balaban J connectivity index is 0.940. The lowest BCUT2D eigenvalue weighted by Crippen LogP contribution is -2.44. The summed E-state index contributed by atoms with van der Waals surface area (Å²) in [4.78, 5) is 86.1. The number of carbonyl (C=O) groups excluding carboxylic acids is 6. The third-order valence-electron chi connectivity index (χ3n) is 14.0. The molecule has 0 N–H and O–H groups in total. The van der Waals surface area contributed by atoms with Crippen LogP contribution in [0.1, 0.15) is 109 Å². The Hall–Kier alpha value is -6.95. The molecule has 5 aromatic rings. The number of Topliss-reactive ketones (excluding diaryl/α,β-unsaturated/α-hetero) is 2. The molecular formula is C56H58FN3O8. The molecule has 3 fully saturated rings.